The van der Waals surface area contributed by atoms with E-state index in [-0.39, 0.29) is 11.9 Å². The zero-order chi connectivity index (χ0) is 13.7. The second kappa shape index (κ2) is 6.57. The number of carbonyl (C=O) groups excluding carboxylic acids is 1. The first kappa shape index (κ1) is 13.9. The summed E-state index contributed by atoms with van der Waals surface area (Å²) < 4.78 is 5.57. The topological polar surface area (TPSA) is 64.4 Å². The standard InChI is InChI=1S/C15H22N2O2/c1-11(16)4-7-15(18)17-10-12-5-6-14-13(9-12)3-2-8-19-14/h5-6,9,11H,2-4,7-8,10,16H2,1H3,(H,17,18). The van der Waals surface area contributed by atoms with Gasteiger partial charge in [0.1, 0.15) is 5.75 Å². The number of carbonyl (C=O) groups is 1. The molecular weight excluding hydrogens is 240 g/mol. The maximum Gasteiger partial charge on any atom is 0.220 e. The van der Waals surface area contributed by atoms with E-state index in [1.54, 1.807) is 0 Å². The van der Waals surface area contributed by atoms with Crippen molar-refractivity contribution in [2.75, 3.05) is 6.61 Å². The number of hydrogen-bond acceptors (Lipinski definition) is 3. The third-order valence-electron chi connectivity index (χ3n) is 3.29. The molecule has 2 rings (SSSR count). The van der Waals surface area contributed by atoms with Crippen molar-refractivity contribution < 1.29 is 9.53 Å². The fourth-order valence-electron chi connectivity index (χ4n) is 2.17. The summed E-state index contributed by atoms with van der Waals surface area (Å²) >= 11 is 0. The molecule has 19 heavy (non-hydrogen) atoms. The van der Waals surface area contributed by atoms with Crippen molar-refractivity contribution >= 4 is 5.91 Å². The monoisotopic (exact) mass is 262 g/mol. The molecule has 0 aliphatic carbocycles. The minimum atomic E-state index is 0.0614. The van der Waals surface area contributed by atoms with E-state index in [0.29, 0.717) is 13.0 Å². The fraction of sp³-hybridized carbons (Fsp3) is 0.533. The van der Waals surface area contributed by atoms with Crippen LogP contribution in [0.2, 0.25) is 0 Å². The molecule has 1 unspecified atom stereocenters. The minimum Gasteiger partial charge on any atom is -0.493 e. The SMILES string of the molecule is CC(N)CCC(=O)NCc1ccc2c(c1)CCCO2. The summed E-state index contributed by atoms with van der Waals surface area (Å²) in [5, 5.41) is 2.93. The number of ether oxygens (including phenoxy) is 1. The van der Waals surface area contributed by atoms with Crippen LogP contribution in [0.15, 0.2) is 18.2 Å². The third kappa shape index (κ3) is 4.24. The molecule has 0 saturated heterocycles. The molecule has 1 amide bonds. The quantitative estimate of drug-likeness (QED) is 0.849. The zero-order valence-electron chi connectivity index (χ0n) is 11.4. The first-order valence-electron chi connectivity index (χ1n) is 6.92. The van der Waals surface area contributed by atoms with Gasteiger partial charge in [-0.05, 0) is 43.4 Å². The summed E-state index contributed by atoms with van der Waals surface area (Å²) in [7, 11) is 0. The Hall–Kier alpha value is -1.55. The van der Waals surface area contributed by atoms with E-state index in [2.05, 4.69) is 11.4 Å². The van der Waals surface area contributed by atoms with Gasteiger partial charge >= 0.3 is 0 Å². The molecule has 0 bridgehead atoms. The molecule has 3 N–H and O–H groups in total. The molecule has 1 heterocycles. The number of aryl methyl sites for hydroxylation is 1. The average molecular weight is 262 g/mol. The van der Waals surface area contributed by atoms with Crippen molar-refractivity contribution in [2.24, 2.45) is 5.73 Å². The maximum atomic E-state index is 11.6. The largest absolute Gasteiger partial charge is 0.493 e. The van der Waals surface area contributed by atoms with Crippen LogP contribution >= 0.6 is 0 Å². The Morgan fingerprint density at radius 2 is 2.37 bits per heavy atom. The van der Waals surface area contributed by atoms with Gasteiger partial charge in [-0.15, -0.1) is 0 Å². The summed E-state index contributed by atoms with van der Waals surface area (Å²) in [6.45, 7) is 3.29. The Labute approximate surface area is 114 Å². The number of nitrogens with one attached hydrogen (secondary N) is 1. The Morgan fingerprint density at radius 1 is 1.53 bits per heavy atom. The van der Waals surface area contributed by atoms with Crippen LogP contribution in [0.5, 0.6) is 5.75 Å². The Kier molecular flexibility index (Phi) is 4.80. The predicted molar refractivity (Wildman–Crippen MR) is 75.0 cm³/mol. The van der Waals surface area contributed by atoms with Crippen molar-refractivity contribution in [1.29, 1.82) is 0 Å². The van der Waals surface area contributed by atoms with Crippen LogP contribution in [-0.2, 0) is 17.8 Å². The number of amides is 1. The lowest BCUT2D eigenvalue weighted by Gasteiger charge is -2.18. The number of benzene rings is 1. The van der Waals surface area contributed by atoms with Crippen LogP contribution < -0.4 is 15.8 Å². The molecule has 0 radical (unpaired) electrons. The van der Waals surface area contributed by atoms with Crippen LogP contribution in [0, 0.1) is 0 Å². The highest BCUT2D eigenvalue weighted by molar-refractivity contribution is 5.75. The Balaban J connectivity index is 1.84. The van der Waals surface area contributed by atoms with Crippen molar-refractivity contribution in [1.82, 2.24) is 5.32 Å². The van der Waals surface area contributed by atoms with Gasteiger partial charge in [-0.1, -0.05) is 12.1 Å². The van der Waals surface area contributed by atoms with Gasteiger partial charge in [0.25, 0.3) is 0 Å². The smallest absolute Gasteiger partial charge is 0.220 e. The van der Waals surface area contributed by atoms with Crippen LogP contribution in [0.3, 0.4) is 0 Å². The molecule has 1 atom stereocenters. The molecule has 1 aliphatic heterocycles. The van der Waals surface area contributed by atoms with Gasteiger partial charge in [0.2, 0.25) is 5.91 Å². The summed E-state index contributed by atoms with van der Waals surface area (Å²) in [5.74, 6) is 1.05. The van der Waals surface area contributed by atoms with Crippen molar-refractivity contribution in [3.8, 4) is 5.75 Å². The molecule has 1 aromatic rings. The molecular formula is C15H22N2O2. The molecule has 0 fully saturated rings. The van der Waals surface area contributed by atoms with Crippen LogP contribution in [0.4, 0.5) is 0 Å². The Bertz CT molecular complexity index is 444. The summed E-state index contributed by atoms with van der Waals surface area (Å²) in [6, 6.07) is 6.21. The summed E-state index contributed by atoms with van der Waals surface area (Å²) in [4.78, 5) is 11.6. The summed E-state index contributed by atoms with van der Waals surface area (Å²) in [6.07, 6.45) is 3.34. The molecule has 1 aromatic carbocycles. The molecule has 104 valence electrons. The van der Waals surface area contributed by atoms with Gasteiger partial charge in [0, 0.05) is 19.0 Å². The highest BCUT2D eigenvalue weighted by atomic mass is 16.5. The maximum absolute atomic E-state index is 11.6. The van der Waals surface area contributed by atoms with Crippen molar-refractivity contribution in [3.63, 3.8) is 0 Å². The van der Waals surface area contributed by atoms with Crippen molar-refractivity contribution in [2.45, 2.75) is 45.2 Å². The highest BCUT2D eigenvalue weighted by Gasteiger charge is 2.11. The van der Waals surface area contributed by atoms with Crippen LogP contribution in [0.25, 0.3) is 0 Å². The van der Waals surface area contributed by atoms with Crippen molar-refractivity contribution in [3.05, 3.63) is 29.3 Å². The first-order valence-corrected chi connectivity index (χ1v) is 6.92. The van der Waals surface area contributed by atoms with Gasteiger partial charge in [-0.3, -0.25) is 4.79 Å². The number of rotatable bonds is 5. The molecule has 0 aromatic heterocycles. The molecule has 0 saturated carbocycles. The van der Waals surface area contributed by atoms with Gasteiger partial charge in [-0.2, -0.15) is 0 Å². The van der Waals surface area contributed by atoms with E-state index in [1.807, 2.05) is 19.1 Å². The van der Waals surface area contributed by atoms with Gasteiger partial charge in [-0.25, -0.2) is 0 Å². The van der Waals surface area contributed by atoms with E-state index in [0.717, 1.165) is 37.2 Å². The van der Waals surface area contributed by atoms with Gasteiger partial charge in [0.05, 0.1) is 6.61 Å². The van der Waals surface area contributed by atoms with E-state index in [1.165, 1.54) is 5.56 Å². The lowest BCUT2D eigenvalue weighted by Crippen LogP contribution is -2.25. The zero-order valence-corrected chi connectivity index (χ0v) is 11.4. The van der Waals surface area contributed by atoms with E-state index >= 15 is 0 Å². The Morgan fingerprint density at radius 3 is 3.16 bits per heavy atom. The predicted octanol–water partition coefficient (Wildman–Crippen LogP) is 1.76. The van der Waals surface area contributed by atoms with Crippen LogP contribution in [0.1, 0.15) is 37.3 Å². The van der Waals surface area contributed by atoms with Gasteiger partial charge < -0.3 is 15.8 Å². The van der Waals surface area contributed by atoms with Gasteiger partial charge in [0.15, 0.2) is 0 Å². The molecule has 1 aliphatic rings. The fourth-order valence-corrected chi connectivity index (χ4v) is 2.17. The minimum absolute atomic E-state index is 0.0614. The first-order chi connectivity index (χ1) is 9.15. The lowest BCUT2D eigenvalue weighted by atomic mass is 10.0. The van der Waals surface area contributed by atoms with E-state index in [4.69, 9.17) is 10.5 Å². The molecule has 0 spiro atoms. The lowest BCUT2D eigenvalue weighted by molar-refractivity contribution is -0.121. The van der Waals surface area contributed by atoms with E-state index < -0.39 is 0 Å². The highest BCUT2D eigenvalue weighted by Crippen LogP contribution is 2.25. The normalized spacial score (nSPS) is 15.3. The van der Waals surface area contributed by atoms with Crippen LogP contribution in [-0.4, -0.2) is 18.6 Å². The number of hydrogen-bond donors (Lipinski definition) is 2. The number of nitrogens with two attached hydrogens (primary N) is 1. The average Bonchev–Trinajstić information content (AvgIpc) is 2.42. The second-order valence-corrected chi connectivity index (χ2v) is 5.19. The molecule has 4 nitrogen and oxygen atoms in total. The molecule has 4 heteroatoms. The van der Waals surface area contributed by atoms with E-state index in [9.17, 15) is 4.79 Å². The third-order valence-corrected chi connectivity index (χ3v) is 3.29. The summed E-state index contributed by atoms with van der Waals surface area (Å²) in [5.41, 5.74) is 8.00. The number of fused-ring (bicyclic) bond motifs is 1. The second-order valence-electron chi connectivity index (χ2n) is 5.19.